The van der Waals surface area contributed by atoms with Crippen LogP contribution in [0.5, 0.6) is 0 Å². The fourth-order valence-corrected chi connectivity index (χ4v) is 5.70. The molecule has 0 bridgehead atoms. The van der Waals surface area contributed by atoms with Crippen molar-refractivity contribution < 1.29 is 13.6 Å². The van der Waals surface area contributed by atoms with E-state index >= 15 is 0 Å². The highest BCUT2D eigenvalue weighted by molar-refractivity contribution is 14.1. The summed E-state index contributed by atoms with van der Waals surface area (Å²) in [7, 11) is 0. The van der Waals surface area contributed by atoms with Gasteiger partial charge < -0.3 is 4.90 Å². The molecule has 1 aromatic carbocycles. The zero-order chi connectivity index (χ0) is 21.7. The molecule has 6 nitrogen and oxygen atoms in total. The molecule has 0 radical (unpaired) electrons. The molecule has 0 aliphatic carbocycles. The van der Waals surface area contributed by atoms with Crippen LogP contribution in [0, 0.1) is 3.28 Å². The van der Waals surface area contributed by atoms with Crippen LogP contribution in [0.2, 0.25) is 5.02 Å². The van der Waals surface area contributed by atoms with Crippen LogP contribution in [0.25, 0.3) is 0 Å². The van der Waals surface area contributed by atoms with Crippen LogP contribution in [-0.4, -0.2) is 44.5 Å². The van der Waals surface area contributed by atoms with Gasteiger partial charge in [0, 0.05) is 23.9 Å². The van der Waals surface area contributed by atoms with E-state index in [4.69, 9.17) is 16.6 Å². The molecule has 10 heteroatoms. The fourth-order valence-electron chi connectivity index (χ4n) is 3.21. The number of halogens is 4. The summed E-state index contributed by atoms with van der Waals surface area (Å²) in [4.78, 5) is 23.6. The Kier molecular flexibility index (Phi) is 5.54. The van der Waals surface area contributed by atoms with Gasteiger partial charge in [-0.25, -0.2) is 22.0 Å². The largest absolute Gasteiger partial charge is 0.348 e. The van der Waals surface area contributed by atoms with Crippen LogP contribution in [0.15, 0.2) is 29.4 Å². The lowest BCUT2D eigenvalue weighted by molar-refractivity contribution is 0.0256. The van der Waals surface area contributed by atoms with Gasteiger partial charge in [-0.05, 0) is 12.1 Å². The van der Waals surface area contributed by atoms with Gasteiger partial charge in [-0.15, -0.1) is 0 Å². The van der Waals surface area contributed by atoms with Crippen molar-refractivity contribution in [3.05, 3.63) is 49.3 Å². The Balaban J connectivity index is 1.72. The van der Waals surface area contributed by atoms with E-state index in [1.807, 2.05) is 20.8 Å². The molecule has 30 heavy (non-hydrogen) atoms. The van der Waals surface area contributed by atoms with Crippen LogP contribution in [0.3, 0.4) is 0 Å². The summed E-state index contributed by atoms with van der Waals surface area (Å²) in [5, 5.41) is 5.48. The number of rotatable bonds is 4. The molecule has 1 aromatic heterocycles. The monoisotopic (exact) mass is 547 g/mol. The molecule has 0 saturated carbocycles. The average molecular weight is 548 g/mol. The molecule has 2 aliphatic heterocycles. The van der Waals surface area contributed by atoms with Gasteiger partial charge in [0.1, 0.15) is 15.7 Å². The summed E-state index contributed by atoms with van der Waals surface area (Å²) < 4.78 is 30.2. The third-order valence-electron chi connectivity index (χ3n) is 4.80. The lowest BCUT2D eigenvalue weighted by atomic mass is 9.96. The highest BCUT2D eigenvalue weighted by atomic mass is 127. The van der Waals surface area contributed by atoms with Gasteiger partial charge in [0.15, 0.2) is 17.0 Å². The van der Waals surface area contributed by atoms with Crippen molar-refractivity contribution in [3.63, 3.8) is 0 Å². The fraction of sp³-hybridized carbons (Fsp3) is 0.450. The zero-order valence-electron chi connectivity index (χ0n) is 16.8. The molecule has 0 spiro atoms. The lowest BCUT2D eigenvalue weighted by Crippen LogP contribution is -2.33. The second-order valence-corrected chi connectivity index (χ2v) is 11.4. The first-order valence-electron chi connectivity index (χ1n) is 9.51. The standard InChI is InChI=1S/C20H21ClF2IN5O/c1-19(2,3)18-25-16-15(17(26-18)28-9-8-20(22,23)11-28)27-29(24-16)10-14(30)12-6-4-5-7-13(12)21/h4-7H,8-11H2,1-3H3. The van der Waals surface area contributed by atoms with Crippen molar-refractivity contribution in [2.45, 2.75) is 38.5 Å². The van der Waals surface area contributed by atoms with Crippen molar-refractivity contribution in [2.75, 3.05) is 24.5 Å². The maximum atomic E-state index is 13.9. The average Bonchev–Trinajstić information content (AvgIpc) is 3.22. The van der Waals surface area contributed by atoms with Crippen LogP contribution in [-0.2, 0) is 5.41 Å². The van der Waals surface area contributed by atoms with E-state index in [1.54, 1.807) is 32.4 Å². The molecule has 2 aliphatic rings. The molecule has 0 atom stereocenters. The minimum Gasteiger partial charge on any atom is -0.348 e. The summed E-state index contributed by atoms with van der Waals surface area (Å²) >= 11 is 5.28. The zero-order valence-corrected chi connectivity index (χ0v) is 19.7. The van der Waals surface area contributed by atoms with Crippen molar-refractivity contribution in [3.8, 4) is 0 Å². The summed E-state index contributed by atoms with van der Waals surface area (Å²) in [6.45, 7) is 5.85. The Morgan fingerprint density at radius 3 is 2.63 bits per heavy atom. The van der Waals surface area contributed by atoms with Gasteiger partial charge in [-0.1, -0.05) is 44.5 Å². The number of carbonyl (C=O) groups is 1. The van der Waals surface area contributed by atoms with E-state index in [2.05, 4.69) is 10.1 Å². The predicted molar refractivity (Wildman–Crippen MR) is 119 cm³/mol. The minimum atomic E-state index is -2.74. The lowest BCUT2D eigenvalue weighted by Gasteiger charge is -2.21. The number of alkyl halides is 2. The number of benzene rings is 1. The first-order chi connectivity index (χ1) is 14.0. The number of hydrogen-bond acceptors (Lipinski definition) is 6. The molecule has 3 heterocycles. The topological polar surface area (TPSA) is 61.7 Å². The van der Waals surface area contributed by atoms with E-state index in [-0.39, 0.29) is 37.3 Å². The van der Waals surface area contributed by atoms with Gasteiger partial charge in [-0.2, -0.15) is 5.10 Å². The highest BCUT2D eigenvalue weighted by Gasteiger charge is 2.40. The summed E-state index contributed by atoms with van der Waals surface area (Å²) in [6.07, 6.45) is -0.208. The Bertz CT molecular complexity index is 1130. The Hall–Kier alpha value is -1.75. The molecule has 1 fully saturated rings. The number of carbonyl (C=O) groups excluding carboxylic acids is 1. The van der Waals surface area contributed by atoms with Crippen LogP contribution < -0.4 is 10.3 Å². The van der Waals surface area contributed by atoms with Crippen molar-refractivity contribution in [1.29, 1.82) is 0 Å². The summed E-state index contributed by atoms with van der Waals surface area (Å²) in [5.74, 6) is -1.85. The normalized spacial score (nSPS) is 17.8. The quantitative estimate of drug-likeness (QED) is 0.327. The van der Waals surface area contributed by atoms with E-state index in [0.29, 0.717) is 27.6 Å². The van der Waals surface area contributed by atoms with Crippen molar-refractivity contribution in [2.24, 2.45) is 5.10 Å². The predicted octanol–water partition coefficient (Wildman–Crippen LogP) is 4.14. The van der Waals surface area contributed by atoms with Gasteiger partial charge in [-0.3, -0.25) is 4.79 Å². The molecular weight excluding hydrogens is 527 g/mol. The first-order valence-corrected chi connectivity index (χ1v) is 11.9. The minimum absolute atomic E-state index is 0.0633. The molecule has 0 unspecified atom stereocenters. The second-order valence-electron chi connectivity index (χ2n) is 8.37. The Labute approximate surface area is 188 Å². The van der Waals surface area contributed by atoms with Gasteiger partial charge in [0.2, 0.25) is 0 Å². The maximum absolute atomic E-state index is 13.9. The van der Waals surface area contributed by atoms with Gasteiger partial charge >= 0.3 is 0 Å². The molecule has 2 aromatic rings. The third-order valence-corrected chi connectivity index (χ3v) is 7.45. The van der Waals surface area contributed by atoms with E-state index in [0.717, 1.165) is 3.28 Å². The van der Waals surface area contributed by atoms with Crippen molar-refractivity contribution in [1.82, 2.24) is 13.2 Å². The molecule has 0 amide bonds. The molecule has 0 N–H and O–H groups in total. The number of hydrogen-bond donors (Lipinski definition) is 0. The second kappa shape index (κ2) is 7.74. The highest BCUT2D eigenvalue weighted by Crippen LogP contribution is 2.31. The molecule has 1 saturated heterocycles. The number of nitrogens with zero attached hydrogens (tertiary/aromatic N) is 5. The number of fused-ring (bicyclic) bond motifs is 1. The maximum Gasteiger partial charge on any atom is 0.266 e. The van der Waals surface area contributed by atoms with Gasteiger partial charge in [0.05, 0.1) is 32.6 Å². The Morgan fingerprint density at radius 2 is 2.00 bits per heavy atom. The first kappa shape index (κ1) is 21.5. The van der Waals surface area contributed by atoms with Crippen molar-refractivity contribution >= 4 is 44.2 Å². The Morgan fingerprint density at radius 1 is 1.27 bits per heavy atom. The van der Waals surface area contributed by atoms with Crippen LogP contribution in [0.4, 0.5) is 14.6 Å². The third kappa shape index (κ3) is 4.32. The molecular formula is C20H21ClF2IN5O. The number of anilines is 1. The van der Waals surface area contributed by atoms with Gasteiger partial charge in [0.25, 0.3) is 5.92 Å². The SMILES string of the molecule is CC(C)(C)c1nc(N2CCC(F)(F)C2)c2c(n1)=IN(CC(=O)c1ccccc1Cl)N=2. The van der Waals surface area contributed by atoms with Crippen LogP contribution in [0.1, 0.15) is 43.4 Å². The van der Waals surface area contributed by atoms with E-state index in [1.165, 1.54) is 0 Å². The summed E-state index contributed by atoms with van der Waals surface area (Å²) in [6, 6.07) is 6.88. The van der Waals surface area contributed by atoms with E-state index < -0.39 is 26.9 Å². The number of ketones is 1. The molecule has 4 rings (SSSR count). The van der Waals surface area contributed by atoms with Crippen LogP contribution >= 0.6 is 32.6 Å². The van der Waals surface area contributed by atoms with E-state index in [9.17, 15) is 13.6 Å². The number of Topliss-reactive ketones (excluding diaryl/α,β-unsaturated/α-hetero) is 1. The number of aromatic nitrogens is 2. The molecule has 160 valence electrons. The summed E-state index contributed by atoms with van der Waals surface area (Å²) in [5.41, 5.74) is 0.103. The smallest absolute Gasteiger partial charge is 0.266 e.